The van der Waals surface area contributed by atoms with E-state index in [9.17, 15) is 4.79 Å². The molecule has 0 spiro atoms. The van der Waals surface area contributed by atoms with Crippen molar-refractivity contribution in [2.45, 2.75) is 0 Å². The van der Waals surface area contributed by atoms with Crippen LogP contribution in [0.4, 0.5) is 0 Å². The van der Waals surface area contributed by atoms with Gasteiger partial charge in [0, 0.05) is 6.07 Å². The van der Waals surface area contributed by atoms with Gasteiger partial charge in [-0.3, -0.25) is 0 Å². The third-order valence-electron chi connectivity index (χ3n) is 1.92. The summed E-state index contributed by atoms with van der Waals surface area (Å²) < 4.78 is 4.54. The molecular formula is C10H8N2O3. The van der Waals surface area contributed by atoms with Crippen molar-refractivity contribution in [3.63, 3.8) is 0 Å². The Kier molecular flexibility index (Phi) is 2.21. The van der Waals surface area contributed by atoms with Crippen molar-refractivity contribution in [3.05, 3.63) is 30.0 Å². The number of aromatic nitrogens is 2. The number of carbonyl (C=O) groups is 1. The van der Waals surface area contributed by atoms with E-state index in [-0.39, 0.29) is 11.6 Å². The molecule has 0 saturated carbocycles. The Morgan fingerprint density at radius 3 is 2.60 bits per heavy atom. The van der Waals surface area contributed by atoms with Gasteiger partial charge in [0.1, 0.15) is 5.69 Å². The first-order valence-corrected chi connectivity index (χ1v) is 4.26. The lowest BCUT2D eigenvalue weighted by atomic mass is 10.3. The molecule has 0 bridgehead atoms. The molecule has 5 heteroatoms. The molecule has 15 heavy (non-hydrogen) atoms. The van der Waals surface area contributed by atoms with Gasteiger partial charge in [-0.05, 0) is 18.2 Å². The van der Waals surface area contributed by atoms with Gasteiger partial charge in [-0.2, -0.15) is 0 Å². The number of pyridine rings is 2. The zero-order valence-corrected chi connectivity index (χ0v) is 7.97. The Labute approximate surface area is 85.4 Å². The lowest BCUT2D eigenvalue weighted by Gasteiger charge is -2.00. The fourth-order valence-corrected chi connectivity index (χ4v) is 1.22. The molecule has 0 aromatic carbocycles. The van der Waals surface area contributed by atoms with Crippen molar-refractivity contribution in [2.24, 2.45) is 0 Å². The highest BCUT2D eigenvalue weighted by Crippen LogP contribution is 2.14. The van der Waals surface area contributed by atoms with Crippen LogP contribution in [0.5, 0.6) is 5.88 Å². The number of aromatic hydroxyl groups is 1. The largest absolute Gasteiger partial charge is 0.493 e. The maximum Gasteiger partial charge on any atom is 0.356 e. The number of ether oxygens (including phenoxy) is 1. The quantitative estimate of drug-likeness (QED) is 0.705. The van der Waals surface area contributed by atoms with Crippen LogP contribution in [-0.4, -0.2) is 28.2 Å². The smallest absolute Gasteiger partial charge is 0.356 e. The van der Waals surface area contributed by atoms with Crippen LogP contribution < -0.4 is 0 Å². The predicted molar refractivity (Wildman–Crippen MR) is 52.5 cm³/mol. The van der Waals surface area contributed by atoms with E-state index in [1.54, 1.807) is 12.1 Å². The lowest BCUT2D eigenvalue weighted by molar-refractivity contribution is 0.0594. The van der Waals surface area contributed by atoms with E-state index in [1.807, 2.05) is 0 Å². The zero-order chi connectivity index (χ0) is 10.8. The van der Waals surface area contributed by atoms with Crippen LogP contribution >= 0.6 is 0 Å². The summed E-state index contributed by atoms with van der Waals surface area (Å²) in [5.74, 6) is -0.569. The highest BCUT2D eigenvalue weighted by Gasteiger charge is 2.08. The molecule has 0 unspecified atom stereocenters. The molecule has 0 aliphatic heterocycles. The fraction of sp³-hybridized carbons (Fsp3) is 0.100. The Balaban J connectivity index is 2.57. The third kappa shape index (κ3) is 1.71. The Morgan fingerprint density at radius 1 is 1.20 bits per heavy atom. The maximum atomic E-state index is 11.2. The van der Waals surface area contributed by atoms with Gasteiger partial charge in [0.05, 0.1) is 18.1 Å². The van der Waals surface area contributed by atoms with Crippen molar-refractivity contribution >= 4 is 17.0 Å². The van der Waals surface area contributed by atoms with Crippen molar-refractivity contribution < 1.29 is 14.6 Å². The van der Waals surface area contributed by atoms with Crippen LogP contribution in [0, 0.1) is 0 Å². The van der Waals surface area contributed by atoms with E-state index in [0.717, 1.165) is 0 Å². The summed E-state index contributed by atoms with van der Waals surface area (Å²) in [6.07, 6.45) is 0. The molecule has 0 atom stereocenters. The lowest BCUT2D eigenvalue weighted by Crippen LogP contribution is -2.03. The number of hydrogen-bond donors (Lipinski definition) is 1. The molecule has 0 aliphatic rings. The first-order valence-electron chi connectivity index (χ1n) is 4.26. The highest BCUT2D eigenvalue weighted by molar-refractivity contribution is 5.90. The Bertz CT molecular complexity index is 525. The van der Waals surface area contributed by atoms with E-state index in [2.05, 4.69) is 14.7 Å². The molecular weight excluding hydrogens is 196 g/mol. The summed E-state index contributed by atoms with van der Waals surface area (Å²) in [6.45, 7) is 0. The van der Waals surface area contributed by atoms with Crippen LogP contribution in [-0.2, 0) is 4.74 Å². The standard InChI is InChI=1S/C10H8N2O3/c1-15-10(14)8-3-2-7-6(11-8)4-5-9(13)12-7/h2-5H,1H3,(H,12,13). The van der Waals surface area contributed by atoms with E-state index in [1.165, 1.54) is 19.2 Å². The van der Waals surface area contributed by atoms with Crippen LogP contribution in [0.3, 0.4) is 0 Å². The number of rotatable bonds is 1. The fourth-order valence-electron chi connectivity index (χ4n) is 1.22. The van der Waals surface area contributed by atoms with Crippen molar-refractivity contribution in [1.82, 2.24) is 9.97 Å². The Morgan fingerprint density at radius 2 is 1.87 bits per heavy atom. The Hall–Kier alpha value is -2.17. The first-order chi connectivity index (χ1) is 7.20. The second kappa shape index (κ2) is 3.53. The summed E-state index contributed by atoms with van der Waals surface area (Å²) in [6, 6.07) is 6.11. The van der Waals surface area contributed by atoms with Crippen LogP contribution in [0.1, 0.15) is 10.5 Å². The average molecular weight is 204 g/mol. The normalized spacial score (nSPS) is 10.2. The third-order valence-corrected chi connectivity index (χ3v) is 1.92. The van der Waals surface area contributed by atoms with Crippen molar-refractivity contribution in [3.8, 4) is 5.88 Å². The number of esters is 1. The van der Waals surface area contributed by atoms with Gasteiger partial charge in [-0.25, -0.2) is 14.8 Å². The molecule has 5 nitrogen and oxygen atoms in total. The monoisotopic (exact) mass is 204 g/mol. The second-order valence-electron chi connectivity index (χ2n) is 2.90. The van der Waals surface area contributed by atoms with Crippen molar-refractivity contribution in [1.29, 1.82) is 0 Å². The van der Waals surface area contributed by atoms with Gasteiger partial charge in [-0.15, -0.1) is 0 Å². The molecule has 0 saturated heterocycles. The second-order valence-corrected chi connectivity index (χ2v) is 2.90. The average Bonchev–Trinajstić information content (AvgIpc) is 2.27. The first kappa shape index (κ1) is 9.39. The van der Waals surface area contributed by atoms with Crippen molar-refractivity contribution in [2.75, 3.05) is 7.11 Å². The molecule has 2 heterocycles. The van der Waals surface area contributed by atoms with Crippen LogP contribution in [0.25, 0.3) is 11.0 Å². The summed E-state index contributed by atoms with van der Waals surface area (Å²) in [5, 5.41) is 9.12. The number of carbonyl (C=O) groups excluding carboxylic acids is 1. The topological polar surface area (TPSA) is 72.3 Å². The molecule has 0 amide bonds. The van der Waals surface area contributed by atoms with Gasteiger partial charge in [0.25, 0.3) is 0 Å². The number of methoxy groups -OCH3 is 1. The van der Waals surface area contributed by atoms with E-state index >= 15 is 0 Å². The van der Waals surface area contributed by atoms with Crippen LogP contribution in [0.15, 0.2) is 24.3 Å². The molecule has 76 valence electrons. The van der Waals surface area contributed by atoms with E-state index in [0.29, 0.717) is 11.0 Å². The van der Waals surface area contributed by atoms with E-state index in [4.69, 9.17) is 5.11 Å². The molecule has 0 aliphatic carbocycles. The summed E-state index contributed by atoms with van der Waals surface area (Å²) in [5.41, 5.74) is 1.29. The number of fused-ring (bicyclic) bond motifs is 1. The predicted octanol–water partition coefficient (Wildman–Crippen LogP) is 1.12. The molecule has 2 aromatic heterocycles. The number of nitrogens with zero attached hydrogens (tertiary/aromatic N) is 2. The minimum atomic E-state index is -0.495. The van der Waals surface area contributed by atoms with Gasteiger partial charge in [-0.1, -0.05) is 0 Å². The zero-order valence-electron chi connectivity index (χ0n) is 7.97. The van der Waals surface area contributed by atoms with Gasteiger partial charge in [0.15, 0.2) is 0 Å². The minimum absolute atomic E-state index is 0.0740. The maximum absolute atomic E-state index is 11.2. The summed E-state index contributed by atoms with van der Waals surface area (Å²) in [7, 11) is 1.29. The summed E-state index contributed by atoms with van der Waals surface area (Å²) >= 11 is 0. The molecule has 2 aromatic rings. The van der Waals surface area contributed by atoms with Crippen LogP contribution in [0.2, 0.25) is 0 Å². The molecule has 0 radical (unpaired) electrons. The highest BCUT2D eigenvalue weighted by atomic mass is 16.5. The number of hydrogen-bond acceptors (Lipinski definition) is 5. The van der Waals surface area contributed by atoms with Gasteiger partial charge >= 0.3 is 5.97 Å². The van der Waals surface area contributed by atoms with E-state index < -0.39 is 5.97 Å². The summed E-state index contributed by atoms with van der Waals surface area (Å²) in [4.78, 5) is 19.1. The van der Waals surface area contributed by atoms with Gasteiger partial charge < -0.3 is 9.84 Å². The van der Waals surface area contributed by atoms with Gasteiger partial charge in [0.2, 0.25) is 5.88 Å². The molecule has 0 fully saturated rings. The molecule has 2 rings (SSSR count). The SMILES string of the molecule is COC(=O)c1ccc2nc(O)ccc2n1. The molecule has 1 N–H and O–H groups in total. The minimum Gasteiger partial charge on any atom is -0.493 e.